The molecule has 0 fully saturated rings. The van der Waals surface area contributed by atoms with Crippen LogP contribution in [0.1, 0.15) is 0 Å². The molecule has 8 nitrogen and oxygen atoms in total. The van der Waals surface area contributed by atoms with Crippen LogP contribution in [0.25, 0.3) is 0 Å². The number of rotatable bonds is 4. The summed E-state index contributed by atoms with van der Waals surface area (Å²) in [5.74, 6) is 5.30. The number of anilines is 2. The Balaban J connectivity index is 2.38. The van der Waals surface area contributed by atoms with E-state index in [9.17, 15) is 8.42 Å². The Kier molecular flexibility index (Phi) is 2.93. The molecule has 4 N–H and O–H groups in total. The van der Waals surface area contributed by atoms with Crippen LogP contribution in [0, 0.1) is 0 Å². The van der Waals surface area contributed by atoms with Gasteiger partial charge in [-0.25, -0.2) is 8.42 Å². The standard InChI is InChI=1S/C8H9N5O3S/c9-11-6-1-3-10-5-7(6)17(14,15)13-8-2-4-16-12-8/h1-5H,9H2,(H,10,11)(H,12,13). The van der Waals surface area contributed by atoms with Crippen LogP contribution in [-0.2, 0) is 10.0 Å². The SMILES string of the molecule is NNc1ccncc1S(=O)(=O)Nc1ccon1. The Morgan fingerprint density at radius 2 is 2.18 bits per heavy atom. The molecule has 0 aliphatic carbocycles. The third-order valence-electron chi connectivity index (χ3n) is 1.91. The van der Waals surface area contributed by atoms with Gasteiger partial charge in [-0.15, -0.1) is 0 Å². The molecule has 0 amide bonds. The number of pyridine rings is 1. The van der Waals surface area contributed by atoms with Crippen LogP contribution in [0.4, 0.5) is 11.5 Å². The molecule has 9 heteroatoms. The van der Waals surface area contributed by atoms with Crippen molar-refractivity contribution in [1.82, 2.24) is 10.1 Å². The van der Waals surface area contributed by atoms with Crippen molar-refractivity contribution in [2.75, 3.05) is 10.1 Å². The summed E-state index contributed by atoms with van der Waals surface area (Å²) < 4.78 is 30.6. The molecule has 0 aromatic carbocycles. The number of nitrogens with zero attached hydrogens (tertiary/aromatic N) is 2. The summed E-state index contributed by atoms with van der Waals surface area (Å²) >= 11 is 0. The fourth-order valence-corrected chi connectivity index (χ4v) is 2.28. The highest BCUT2D eigenvalue weighted by molar-refractivity contribution is 7.92. The minimum Gasteiger partial charge on any atom is -0.363 e. The van der Waals surface area contributed by atoms with Crippen molar-refractivity contribution in [3.8, 4) is 0 Å². The number of sulfonamides is 1. The topological polar surface area (TPSA) is 123 Å². The minimum atomic E-state index is -3.80. The first kappa shape index (κ1) is 11.4. The summed E-state index contributed by atoms with van der Waals surface area (Å²) in [5.41, 5.74) is 2.51. The van der Waals surface area contributed by atoms with Gasteiger partial charge in [-0.3, -0.25) is 15.5 Å². The predicted molar refractivity (Wildman–Crippen MR) is 59.4 cm³/mol. The maximum Gasteiger partial charge on any atom is 0.266 e. The number of nitrogens with one attached hydrogen (secondary N) is 2. The van der Waals surface area contributed by atoms with E-state index in [1.165, 1.54) is 30.8 Å². The molecule has 2 rings (SSSR count). The lowest BCUT2D eigenvalue weighted by atomic mass is 10.4. The molecule has 0 spiro atoms. The molecule has 0 atom stereocenters. The average Bonchev–Trinajstić information content (AvgIpc) is 2.81. The van der Waals surface area contributed by atoms with Crippen LogP contribution in [-0.4, -0.2) is 18.6 Å². The van der Waals surface area contributed by atoms with E-state index < -0.39 is 10.0 Å². The van der Waals surface area contributed by atoms with Crippen LogP contribution in [0.15, 0.2) is 40.2 Å². The molecular formula is C8H9N5O3S. The van der Waals surface area contributed by atoms with Gasteiger partial charge >= 0.3 is 0 Å². The Morgan fingerprint density at radius 1 is 1.35 bits per heavy atom. The molecule has 0 radical (unpaired) electrons. The van der Waals surface area contributed by atoms with Crippen molar-refractivity contribution in [2.45, 2.75) is 4.90 Å². The summed E-state index contributed by atoms with van der Waals surface area (Å²) in [6.45, 7) is 0. The van der Waals surface area contributed by atoms with Crippen molar-refractivity contribution < 1.29 is 12.9 Å². The average molecular weight is 255 g/mol. The van der Waals surface area contributed by atoms with E-state index in [-0.39, 0.29) is 16.4 Å². The van der Waals surface area contributed by atoms with Crippen molar-refractivity contribution in [1.29, 1.82) is 0 Å². The molecule has 0 saturated carbocycles. The van der Waals surface area contributed by atoms with Crippen molar-refractivity contribution >= 4 is 21.5 Å². The number of hydrogen-bond donors (Lipinski definition) is 3. The van der Waals surface area contributed by atoms with Gasteiger partial charge in [0.2, 0.25) is 0 Å². The smallest absolute Gasteiger partial charge is 0.266 e. The highest BCUT2D eigenvalue weighted by atomic mass is 32.2. The predicted octanol–water partition coefficient (Wildman–Crippen LogP) is 0.156. The van der Waals surface area contributed by atoms with Crippen LogP contribution in [0.3, 0.4) is 0 Å². The van der Waals surface area contributed by atoms with Crippen molar-refractivity contribution in [3.63, 3.8) is 0 Å². The highest BCUT2D eigenvalue weighted by Crippen LogP contribution is 2.20. The van der Waals surface area contributed by atoms with E-state index in [1.807, 2.05) is 0 Å². The summed E-state index contributed by atoms with van der Waals surface area (Å²) in [6.07, 6.45) is 3.85. The third kappa shape index (κ3) is 2.34. The molecule has 2 heterocycles. The zero-order valence-corrected chi connectivity index (χ0v) is 9.31. The van der Waals surface area contributed by atoms with Crippen molar-refractivity contribution in [3.05, 3.63) is 30.8 Å². The highest BCUT2D eigenvalue weighted by Gasteiger charge is 2.19. The lowest BCUT2D eigenvalue weighted by molar-refractivity contribution is 0.423. The first-order chi connectivity index (χ1) is 8.13. The Labute approximate surface area is 96.8 Å². The van der Waals surface area contributed by atoms with Gasteiger partial charge < -0.3 is 9.95 Å². The van der Waals surface area contributed by atoms with Crippen LogP contribution >= 0.6 is 0 Å². The number of aromatic nitrogens is 2. The number of nitrogen functional groups attached to an aromatic ring is 1. The Hall–Kier alpha value is -2.13. The van der Waals surface area contributed by atoms with Gasteiger partial charge in [0, 0.05) is 18.5 Å². The lowest BCUT2D eigenvalue weighted by Crippen LogP contribution is -2.17. The maximum absolute atomic E-state index is 12.0. The van der Waals surface area contributed by atoms with Gasteiger partial charge in [0.15, 0.2) is 5.82 Å². The maximum atomic E-state index is 12.0. The number of nitrogens with two attached hydrogens (primary N) is 1. The lowest BCUT2D eigenvalue weighted by Gasteiger charge is -2.08. The summed E-state index contributed by atoms with van der Waals surface area (Å²) in [7, 11) is -3.80. The summed E-state index contributed by atoms with van der Waals surface area (Å²) in [6, 6.07) is 2.82. The van der Waals surface area contributed by atoms with E-state index in [1.54, 1.807) is 0 Å². The molecule has 2 aromatic heterocycles. The number of hydrazine groups is 1. The van der Waals surface area contributed by atoms with Crippen LogP contribution in [0.2, 0.25) is 0 Å². The van der Waals surface area contributed by atoms with Crippen molar-refractivity contribution in [2.24, 2.45) is 5.84 Å². The molecule has 0 bridgehead atoms. The molecule has 2 aromatic rings. The molecule has 17 heavy (non-hydrogen) atoms. The van der Waals surface area contributed by atoms with Crippen LogP contribution < -0.4 is 16.0 Å². The molecular weight excluding hydrogens is 246 g/mol. The molecule has 0 saturated heterocycles. The molecule has 0 aliphatic heterocycles. The van der Waals surface area contributed by atoms with E-state index in [0.29, 0.717) is 0 Å². The summed E-state index contributed by atoms with van der Waals surface area (Å²) in [4.78, 5) is 3.65. The fourth-order valence-electron chi connectivity index (χ4n) is 1.17. The number of hydrogen-bond acceptors (Lipinski definition) is 7. The normalized spacial score (nSPS) is 11.1. The second-order valence-electron chi connectivity index (χ2n) is 3.01. The quantitative estimate of drug-likeness (QED) is 0.525. The fraction of sp³-hybridized carbons (Fsp3) is 0. The first-order valence-electron chi connectivity index (χ1n) is 4.47. The van der Waals surface area contributed by atoms with Gasteiger partial charge in [-0.05, 0) is 6.07 Å². The van der Waals surface area contributed by atoms with Gasteiger partial charge in [-0.1, -0.05) is 5.16 Å². The van der Waals surface area contributed by atoms with Gasteiger partial charge in [0.25, 0.3) is 10.0 Å². The zero-order valence-electron chi connectivity index (χ0n) is 8.49. The van der Waals surface area contributed by atoms with Gasteiger partial charge in [-0.2, -0.15) is 0 Å². The monoisotopic (exact) mass is 255 g/mol. The van der Waals surface area contributed by atoms with E-state index in [2.05, 4.69) is 24.8 Å². The summed E-state index contributed by atoms with van der Waals surface area (Å²) in [5, 5.41) is 3.45. The van der Waals surface area contributed by atoms with Gasteiger partial charge in [0.1, 0.15) is 11.2 Å². The van der Waals surface area contributed by atoms with E-state index >= 15 is 0 Å². The molecule has 0 unspecified atom stereocenters. The van der Waals surface area contributed by atoms with E-state index in [0.717, 1.165) is 0 Å². The minimum absolute atomic E-state index is 0.0782. The van der Waals surface area contributed by atoms with E-state index in [4.69, 9.17) is 5.84 Å². The largest absolute Gasteiger partial charge is 0.363 e. The second-order valence-corrected chi connectivity index (χ2v) is 4.66. The Morgan fingerprint density at radius 3 is 2.82 bits per heavy atom. The van der Waals surface area contributed by atoms with Gasteiger partial charge in [0.05, 0.1) is 5.69 Å². The molecule has 90 valence electrons. The Bertz CT molecular complexity index is 595. The first-order valence-corrected chi connectivity index (χ1v) is 5.95. The zero-order chi connectivity index (χ0) is 12.3. The second kappa shape index (κ2) is 4.39. The third-order valence-corrected chi connectivity index (χ3v) is 3.29. The van der Waals surface area contributed by atoms with Crippen LogP contribution in [0.5, 0.6) is 0 Å². The molecule has 0 aliphatic rings.